The molecular weight excluding hydrogens is 432 g/mol. The minimum absolute atomic E-state index is 0.00939. The zero-order valence-electron chi connectivity index (χ0n) is 17.7. The van der Waals surface area contributed by atoms with Crippen LogP contribution in [-0.2, 0) is 14.7 Å². The van der Waals surface area contributed by atoms with Gasteiger partial charge < -0.3 is 38.8 Å². The molecule has 0 amide bonds. The maximum atomic E-state index is 13.5. The highest BCUT2D eigenvalue weighted by Gasteiger charge is 2.33. The molecule has 0 aliphatic rings. The Morgan fingerprint density at radius 1 is 0.750 bits per heavy atom. The molecule has 0 radical (unpaired) electrons. The number of hydrogen-bond donors (Lipinski definition) is 2. The lowest BCUT2D eigenvalue weighted by Gasteiger charge is -2.18. The molecule has 0 aliphatic carbocycles. The number of aromatic hydroxyl groups is 2. The van der Waals surface area contributed by atoms with Crippen LogP contribution in [0.1, 0.15) is 0 Å². The standard InChI is InChI=1S/C20H20O12/c1-24-18-15-12(16(30-26-3)19(25-2)20(18)32-28-5)13(23)17(31-27-4)14(29-15)10-7-6-9(21)8-11(10)22/h6-8,21-22H,1-5H3. The molecule has 0 spiro atoms. The van der Waals surface area contributed by atoms with Crippen molar-refractivity contribution in [2.45, 2.75) is 0 Å². The summed E-state index contributed by atoms with van der Waals surface area (Å²) in [5.41, 5.74) is -0.957. The van der Waals surface area contributed by atoms with Crippen LogP contribution < -0.4 is 29.6 Å². The van der Waals surface area contributed by atoms with Gasteiger partial charge in [0.2, 0.25) is 22.7 Å². The minimum Gasteiger partial charge on any atom is -0.508 e. The smallest absolute Gasteiger partial charge is 0.256 e. The number of hydrogen-bond acceptors (Lipinski definition) is 12. The highest BCUT2D eigenvalue weighted by Crippen LogP contribution is 2.52. The van der Waals surface area contributed by atoms with Crippen LogP contribution in [0.15, 0.2) is 27.4 Å². The van der Waals surface area contributed by atoms with Crippen molar-refractivity contribution in [1.29, 1.82) is 0 Å². The first-order chi connectivity index (χ1) is 15.4. The molecule has 2 aromatic carbocycles. The zero-order valence-corrected chi connectivity index (χ0v) is 17.7. The zero-order chi connectivity index (χ0) is 23.4. The lowest BCUT2D eigenvalue weighted by atomic mass is 10.1. The number of methoxy groups -OCH3 is 2. The molecule has 0 saturated carbocycles. The molecule has 12 heteroatoms. The summed E-state index contributed by atoms with van der Waals surface area (Å²) in [6, 6.07) is 3.65. The number of ether oxygens (including phenoxy) is 2. The summed E-state index contributed by atoms with van der Waals surface area (Å²) >= 11 is 0. The molecule has 0 saturated heterocycles. The number of phenols is 2. The Labute approximate surface area is 180 Å². The van der Waals surface area contributed by atoms with Gasteiger partial charge in [0.1, 0.15) is 16.9 Å². The van der Waals surface area contributed by atoms with Crippen molar-refractivity contribution in [2.24, 2.45) is 0 Å². The molecule has 3 rings (SSSR count). The van der Waals surface area contributed by atoms with Crippen LogP contribution >= 0.6 is 0 Å². The molecule has 12 nitrogen and oxygen atoms in total. The quantitative estimate of drug-likeness (QED) is 0.364. The van der Waals surface area contributed by atoms with Crippen molar-refractivity contribution in [3.05, 3.63) is 28.4 Å². The molecule has 1 aromatic heterocycles. The van der Waals surface area contributed by atoms with Gasteiger partial charge in [0.05, 0.1) is 41.1 Å². The maximum Gasteiger partial charge on any atom is 0.256 e. The Morgan fingerprint density at radius 3 is 1.91 bits per heavy atom. The molecule has 0 fully saturated rings. The van der Waals surface area contributed by atoms with Crippen LogP contribution in [0.25, 0.3) is 22.3 Å². The van der Waals surface area contributed by atoms with Gasteiger partial charge in [-0.1, -0.05) is 0 Å². The van der Waals surface area contributed by atoms with Crippen LogP contribution in [0.2, 0.25) is 0 Å². The molecule has 172 valence electrons. The lowest BCUT2D eigenvalue weighted by Crippen LogP contribution is -2.13. The van der Waals surface area contributed by atoms with Crippen molar-refractivity contribution in [2.75, 3.05) is 35.5 Å². The van der Waals surface area contributed by atoms with Crippen LogP contribution in [0, 0.1) is 0 Å². The molecule has 0 bridgehead atoms. The summed E-state index contributed by atoms with van der Waals surface area (Å²) in [6.45, 7) is 0. The average Bonchev–Trinajstić information content (AvgIpc) is 2.76. The monoisotopic (exact) mass is 452 g/mol. The second-order valence-corrected chi connectivity index (χ2v) is 5.97. The molecule has 0 aliphatic heterocycles. The number of benzene rings is 2. The highest BCUT2D eigenvalue weighted by molar-refractivity contribution is 5.97. The van der Waals surface area contributed by atoms with E-state index in [1.807, 2.05) is 0 Å². The molecular formula is C20H20O12. The van der Waals surface area contributed by atoms with Crippen LogP contribution in [0.4, 0.5) is 0 Å². The van der Waals surface area contributed by atoms with Gasteiger partial charge in [0.25, 0.3) is 11.5 Å². The normalized spacial score (nSPS) is 10.8. The van der Waals surface area contributed by atoms with Crippen molar-refractivity contribution >= 4 is 11.0 Å². The summed E-state index contributed by atoms with van der Waals surface area (Å²) in [5, 5.41) is 19.7. The van der Waals surface area contributed by atoms with Crippen molar-refractivity contribution < 1.29 is 53.4 Å². The highest BCUT2D eigenvalue weighted by atomic mass is 17.2. The summed E-state index contributed by atoms with van der Waals surface area (Å²) in [5.74, 6) is -1.84. The van der Waals surface area contributed by atoms with Gasteiger partial charge in [0.15, 0.2) is 11.3 Å². The molecule has 1 heterocycles. The van der Waals surface area contributed by atoms with E-state index in [4.69, 9.17) is 38.3 Å². The van der Waals surface area contributed by atoms with E-state index in [9.17, 15) is 15.0 Å². The molecule has 0 atom stereocenters. The van der Waals surface area contributed by atoms with Gasteiger partial charge in [-0.05, 0) is 12.1 Å². The molecule has 2 N–H and O–H groups in total. The largest absolute Gasteiger partial charge is 0.508 e. The predicted molar refractivity (Wildman–Crippen MR) is 107 cm³/mol. The molecule has 32 heavy (non-hydrogen) atoms. The van der Waals surface area contributed by atoms with Crippen molar-refractivity contribution in [3.8, 4) is 51.6 Å². The van der Waals surface area contributed by atoms with Gasteiger partial charge in [-0.2, -0.15) is 14.7 Å². The first kappa shape index (κ1) is 22.8. The van der Waals surface area contributed by atoms with Gasteiger partial charge in [-0.15, -0.1) is 0 Å². The number of phenolic OH excluding ortho intramolecular Hbond substituents is 2. The summed E-state index contributed by atoms with van der Waals surface area (Å²) < 4.78 is 16.6. The third-order valence-corrected chi connectivity index (χ3v) is 4.26. The summed E-state index contributed by atoms with van der Waals surface area (Å²) in [7, 11) is 6.22. The molecule has 0 unspecified atom stereocenters. The Bertz CT molecular complexity index is 1180. The topological polar surface area (TPSA) is 145 Å². The Morgan fingerprint density at radius 2 is 1.34 bits per heavy atom. The van der Waals surface area contributed by atoms with E-state index in [0.29, 0.717) is 0 Å². The Balaban J connectivity index is 2.56. The second kappa shape index (κ2) is 9.51. The fraction of sp³-hybridized carbons (Fsp3) is 0.250. The van der Waals surface area contributed by atoms with Gasteiger partial charge in [0, 0.05) is 6.07 Å². The van der Waals surface area contributed by atoms with E-state index in [1.165, 1.54) is 47.7 Å². The van der Waals surface area contributed by atoms with Crippen molar-refractivity contribution in [1.82, 2.24) is 0 Å². The van der Waals surface area contributed by atoms with E-state index in [2.05, 4.69) is 4.89 Å². The maximum absolute atomic E-state index is 13.5. The minimum atomic E-state index is -0.789. The first-order valence-corrected chi connectivity index (χ1v) is 8.86. The molecule has 3 aromatic rings. The summed E-state index contributed by atoms with van der Waals surface area (Å²) in [4.78, 5) is 43.1. The lowest BCUT2D eigenvalue weighted by molar-refractivity contribution is -0.186. The first-order valence-electron chi connectivity index (χ1n) is 8.86. The van der Waals surface area contributed by atoms with Gasteiger partial charge in [-0.3, -0.25) is 4.79 Å². The fourth-order valence-corrected chi connectivity index (χ4v) is 3.05. The predicted octanol–water partition coefficient (Wildman–Crippen LogP) is 2.71. The Kier molecular flexibility index (Phi) is 6.78. The third kappa shape index (κ3) is 3.77. The van der Waals surface area contributed by atoms with Crippen molar-refractivity contribution in [3.63, 3.8) is 0 Å². The van der Waals surface area contributed by atoms with E-state index in [0.717, 1.165) is 6.07 Å². The fourth-order valence-electron chi connectivity index (χ4n) is 3.05. The third-order valence-electron chi connectivity index (χ3n) is 4.26. The SMILES string of the molecule is COOc1c(OC)c(OOC)c2c(=O)c(OOC)c(-c3ccc(O)cc3O)oc2c1OC. The number of fused-ring (bicyclic) bond motifs is 1. The van der Waals surface area contributed by atoms with Gasteiger partial charge in [-0.25, -0.2) is 0 Å². The van der Waals surface area contributed by atoms with Crippen LogP contribution in [0.3, 0.4) is 0 Å². The van der Waals surface area contributed by atoms with E-state index < -0.39 is 16.9 Å². The average molecular weight is 452 g/mol. The second-order valence-electron chi connectivity index (χ2n) is 5.97. The van der Waals surface area contributed by atoms with Gasteiger partial charge >= 0.3 is 0 Å². The van der Waals surface area contributed by atoms with E-state index in [1.54, 1.807) is 0 Å². The summed E-state index contributed by atoms with van der Waals surface area (Å²) in [6.07, 6.45) is 0. The van der Waals surface area contributed by atoms with E-state index in [-0.39, 0.29) is 51.0 Å². The number of rotatable bonds is 9. The van der Waals surface area contributed by atoms with E-state index >= 15 is 0 Å². The Hall–Kier alpha value is -3.87. The van der Waals surface area contributed by atoms with Crippen LogP contribution in [-0.4, -0.2) is 45.8 Å². The van der Waals surface area contributed by atoms with Crippen LogP contribution in [0.5, 0.6) is 40.2 Å².